The van der Waals surface area contributed by atoms with Crippen LogP contribution in [0, 0.1) is 0 Å². The molecule has 1 atom stereocenters. The van der Waals surface area contributed by atoms with E-state index in [-0.39, 0.29) is 0 Å². The summed E-state index contributed by atoms with van der Waals surface area (Å²) < 4.78 is 0. The van der Waals surface area contributed by atoms with Gasteiger partial charge in [0.25, 0.3) is 0 Å². The lowest BCUT2D eigenvalue weighted by molar-refractivity contribution is 0.295. The van der Waals surface area contributed by atoms with Crippen LogP contribution >= 0.6 is 23.2 Å². The van der Waals surface area contributed by atoms with Gasteiger partial charge in [0.1, 0.15) is 0 Å². The predicted molar refractivity (Wildman–Crippen MR) is 92.4 cm³/mol. The maximum Gasteiger partial charge on any atom is 0.0468 e. The molecule has 0 bridgehead atoms. The summed E-state index contributed by atoms with van der Waals surface area (Å²) in [6, 6.07) is 14.4. The lowest BCUT2D eigenvalue weighted by atomic mass is 9.85. The van der Waals surface area contributed by atoms with E-state index in [4.69, 9.17) is 23.2 Å². The molecule has 2 aromatic rings. The van der Waals surface area contributed by atoms with Gasteiger partial charge in [-0.1, -0.05) is 67.4 Å². The molecule has 0 N–H and O–H groups in total. The van der Waals surface area contributed by atoms with E-state index in [0.29, 0.717) is 10.9 Å². The van der Waals surface area contributed by atoms with Crippen LogP contribution in [0.1, 0.15) is 36.5 Å². The molecule has 1 unspecified atom stereocenters. The zero-order valence-corrected chi connectivity index (χ0v) is 14.2. The van der Waals surface area contributed by atoms with Crippen molar-refractivity contribution >= 4 is 23.2 Å². The molecular formula is C18H21Cl2N. The van der Waals surface area contributed by atoms with E-state index in [1.807, 2.05) is 26.0 Å². The van der Waals surface area contributed by atoms with Crippen molar-refractivity contribution in [2.45, 2.75) is 26.3 Å². The van der Waals surface area contributed by atoms with E-state index < -0.39 is 0 Å². The van der Waals surface area contributed by atoms with Crippen LogP contribution < -0.4 is 0 Å². The number of rotatable bonds is 1. The number of benzene rings is 2. The van der Waals surface area contributed by atoms with Gasteiger partial charge >= 0.3 is 0 Å². The Balaban J connectivity index is 0.000000774. The molecule has 3 rings (SSSR count). The Bertz CT molecular complexity index is 596. The van der Waals surface area contributed by atoms with Crippen LogP contribution in [0.4, 0.5) is 0 Å². The molecule has 0 amide bonds. The van der Waals surface area contributed by atoms with Gasteiger partial charge in [0.15, 0.2) is 0 Å². The topological polar surface area (TPSA) is 3.24 Å². The van der Waals surface area contributed by atoms with E-state index in [1.165, 1.54) is 16.7 Å². The molecule has 0 saturated carbocycles. The highest BCUT2D eigenvalue weighted by atomic mass is 35.5. The van der Waals surface area contributed by atoms with E-state index in [1.54, 1.807) is 0 Å². The fourth-order valence-corrected chi connectivity index (χ4v) is 3.38. The number of fused-ring (bicyclic) bond motifs is 1. The Hall–Kier alpha value is -1.02. The van der Waals surface area contributed by atoms with Crippen LogP contribution in [-0.2, 0) is 6.54 Å². The van der Waals surface area contributed by atoms with E-state index in [0.717, 1.165) is 18.1 Å². The molecule has 0 saturated heterocycles. The summed E-state index contributed by atoms with van der Waals surface area (Å²) in [6.45, 7) is 5.88. The first-order valence-electron chi connectivity index (χ1n) is 7.36. The monoisotopic (exact) mass is 321 g/mol. The largest absolute Gasteiger partial charge is 0.301 e. The SMILES string of the molecule is CC.CN1Cc2c(Cl)cc(Cl)cc2C(c2ccccc2)C1. The summed E-state index contributed by atoms with van der Waals surface area (Å²) in [6.07, 6.45) is 0. The molecule has 0 aromatic heterocycles. The molecule has 1 aliphatic rings. The molecule has 3 heteroatoms. The zero-order valence-electron chi connectivity index (χ0n) is 12.7. The molecule has 0 spiro atoms. The van der Waals surface area contributed by atoms with E-state index >= 15 is 0 Å². The second kappa shape index (κ2) is 7.31. The first-order valence-corrected chi connectivity index (χ1v) is 8.12. The van der Waals surface area contributed by atoms with Gasteiger partial charge < -0.3 is 4.90 Å². The van der Waals surface area contributed by atoms with Crippen LogP contribution in [0.15, 0.2) is 42.5 Å². The van der Waals surface area contributed by atoms with Crippen LogP contribution in [0.3, 0.4) is 0 Å². The molecule has 1 nitrogen and oxygen atoms in total. The molecule has 0 radical (unpaired) electrons. The second-order valence-corrected chi connectivity index (χ2v) is 5.96. The molecule has 1 heterocycles. The predicted octanol–water partition coefficient (Wildman–Crippen LogP) is 5.60. The van der Waals surface area contributed by atoms with Gasteiger partial charge in [0, 0.05) is 29.1 Å². The Morgan fingerprint density at radius 3 is 2.38 bits per heavy atom. The third kappa shape index (κ3) is 3.60. The van der Waals surface area contributed by atoms with E-state index in [2.05, 4.69) is 42.3 Å². The van der Waals surface area contributed by atoms with Crippen LogP contribution in [-0.4, -0.2) is 18.5 Å². The molecule has 1 aliphatic heterocycles. The lowest BCUT2D eigenvalue weighted by Gasteiger charge is -2.33. The fourth-order valence-electron chi connectivity index (χ4n) is 2.82. The van der Waals surface area contributed by atoms with Gasteiger partial charge in [-0.3, -0.25) is 0 Å². The summed E-state index contributed by atoms with van der Waals surface area (Å²) in [5.74, 6) is 0.339. The average Bonchev–Trinajstić information content (AvgIpc) is 2.50. The smallest absolute Gasteiger partial charge is 0.0468 e. The van der Waals surface area contributed by atoms with Gasteiger partial charge in [-0.25, -0.2) is 0 Å². The number of likely N-dealkylation sites (N-methyl/N-ethyl adjacent to an activating group) is 1. The van der Waals surface area contributed by atoms with Gasteiger partial charge in [-0.05, 0) is 35.9 Å². The minimum absolute atomic E-state index is 0.339. The summed E-state index contributed by atoms with van der Waals surface area (Å²) in [7, 11) is 2.13. The number of nitrogens with zero attached hydrogens (tertiary/aromatic N) is 1. The molecule has 112 valence electrons. The minimum atomic E-state index is 0.339. The second-order valence-electron chi connectivity index (χ2n) is 5.12. The fraction of sp³-hybridized carbons (Fsp3) is 0.333. The van der Waals surface area contributed by atoms with Crippen LogP contribution in [0.5, 0.6) is 0 Å². The van der Waals surface area contributed by atoms with Gasteiger partial charge in [0.05, 0.1) is 0 Å². The van der Waals surface area contributed by atoms with Crippen molar-refractivity contribution < 1.29 is 0 Å². The number of halogens is 2. The lowest BCUT2D eigenvalue weighted by Crippen LogP contribution is -2.31. The highest BCUT2D eigenvalue weighted by Gasteiger charge is 2.26. The summed E-state index contributed by atoms with van der Waals surface area (Å²) in [5, 5.41) is 1.49. The molecule has 0 aliphatic carbocycles. The summed E-state index contributed by atoms with van der Waals surface area (Å²) in [5.41, 5.74) is 3.78. The average molecular weight is 322 g/mol. The Labute approximate surface area is 137 Å². The standard InChI is InChI=1S/C16H15Cl2N.C2H6/c1-19-9-14(11-5-3-2-4-6-11)13-7-12(17)8-16(18)15(13)10-19;1-2/h2-8,14H,9-10H2,1H3;1-2H3. The van der Waals surface area contributed by atoms with Crippen molar-refractivity contribution in [2.75, 3.05) is 13.6 Å². The maximum absolute atomic E-state index is 6.35. The van der Waals surface area contributed by atoms with Crippen molar-refractivity contribution in [1.82, 2.24) is 4.90 Å². The van der Waals surface area contributed by atoms with Crippen molar-refractivity contribution in [3.8, 4) is 0 Å². The highest BCUT2D eigenvalue weighted by molar-refractivity contribution is 6.35. The summed E-state index contributed by atoms with van der Waals surface area (Å²) in [4.78, 5) is 2.31. The van der Waals surface area contributed by atoms with Crippen LogP contribution in [0.25, 0.3) is 0 Å². The number of hydrogen-bond donors (Lipinski definition) is 0. The van der Waals surface area contributed by atoms with Gasteiger partial charge in [0.2, 0.25) is 0 Å². The quantitative estimate of drug-likeness (QED) is 0.661. The molecule has 0 fully saturated rings. The Morgan fingerprint density at radius 1 is 1.05 bits per heavy atom. The van der Waals surface area contributed by atoms with Crippen molar-refractivity contribution in [2.24, 2.45) is 0 Å². The first-order chi connectivity index (χ1) is 10.1. The third-order valence-corrected chi connectivity index (χ3v) is 4.25. The number of hydrogen-bond acceptors (Lipinski definition) is 1. The van der Waals surface area contributed by atoms with Gasteiger partial charge in [-0.15, -0.1) is 0 Å². The van der Waals surface area contributed by atoms with Crippen LogP contribution in [0.2, 0.25) is 10.0 Å². The normalized spacial score (nSPS) is 17.7. The Morgan fingerprint density at radius 2 is 1.71 bits per heavy atom. The molecular weight excluding hydrogens is 301 g/mol. The minimum Gasteiger partial charge on any atom is -0.301 e. The van der Waals surface area contributed by atoms with E-state index in [9.17, 15) is 0 Å². The maximum atomic E-state index is 6.35. The summed E-state index contributed by atoms with van der Waals surface area (Å²) >= 11 is 12.5. The Kier molecular flexibility index (Phi) is 5.69. The zero-order chi connectivity index (χ0) is 15.4. The molecule has 2 aromatic carbocycles. The van der Waals surface area contributed by atoms with Crippen molar-refractivity contribution in [3.05, 3.63) is 69.2 Å². The first kappa shape index (κ1) is 16.4. The highest BCUT2D eigenvalue weighted by Crippen LogP contribution is 2.38. The van der Waals surface area contributed by atoms with Crippen molar-refractivity contribution in [1.29, 1.82) is 0 Å². The van der Waals surface area contributed by atoms with Crippen molar-refractivity contribution in [3.63, 3.8) is 0 Å². The third-order valence-electron chi connectivity index (χ3n) is 3.69. The van der Waals surface area contributed by atoms with Gasteiger partial charge in [-0.2, -0.15) is 0 Å². The molecule has 21 heavy (non-hydrogen) atoms.